The highest BCUT2D eigenvalue weighted by Crippen LogP contribution is 2.20. The van der Waals surface area contributed by atoms with Crippen molar-refractivity contribution < 1.29 is 9.90 Å². The number of aromatic carboxylic acids is 1. The molecule has 4 nitrogen and oxygen atoms in total. The van der Waals surface area contributed by atoms with Crippen molar-refractivity contribution in [1.82, 2.24) is 10.2 Å². The van der Waals surface area contributed by atoms with Crippen molar-refractivity contribution >= 4 is 5.97 Å². The summed E-state index contributed by atoms with van der Waals surface area (Å²) >= 11 is 0. The predicted octanol–water partition coefficient (Wildman–Crippen LogP) is 3.37. The van der Waals surface area contributed by atoms with Crippen LogP contribution in [0.25, 0.3) is 11.3 Å². The van der Waals surface area contributed by atoms with E-state index in [4.69, 9.17) is 5.11 Å². The van der Waals surface area contributed by atoms with Crippen molar-refractivity contribution in [3.63, 3.8) is 0 Å². The minimum absolute atomic E-state index is 0.264. The molecule has 0 spiro atoms. The Hall–Kier alpha value is -2.88. The summed E-state index contributed by atoms with van der Waals surface area (Å²) in [7, 11) is 0. The Bertz CT molecular complexity index is 763. The molecule has 0 bridgehead atoms. The molecule has 0 aliphatic heterocycles. The summed E-state index contributed by atoms with van der Waals surface area (Å²) in [6.07, 6.45) is 0.770. The van der Waals surface area contributed by atoms with Crippen molar-refractivity contribution in [1.29, 1.82) is 0 Å². The first-order chi connectivity index (χ1) is 10.2. The molecule has 0 radical (unpaired) electrons. The van der Waals surface area contributed by atoms with Crippen LogP contribution in [0.2, 0.25) is 0 Å². The molecular formula is C17H14N2O2. The average molecular weight is 278 g/mol. The van der Waals surface area contributed by atoms with Gasteiger partial charge in [-0.05, 0) is 23.8 Å². The normalized spacial score (nSPS) is 10.5. The standard InChI is InChI=1S/C17H14N2O2/c20-17(21)14-8-4-7-13(10-14)16-11-15(18-19-16)9-12-5-2-1-3-6-12/h1-8,10-11H,9H2,(H,18,19)(H,20,21). The molecule has 3 aromatic rings. The van der Waals surface area contributed by atoms with E-state index in [-0.39, 0.29) is 5.56 Å². The number of carbonyl (C=O) groups is 1. The monoisotopic (exact) mass is 278 g/mol. The summed E-state index contributed by atoms with van der Waals surface area (Å²) in [5.41, 5.74) is 4.01. The zero-order chi connectivity index (χ0) is 14.7. The third-order valence-corrected chi connectivity index (χ3v) is 3.27. The molecular weight excluding hydrogens is 264 g/mol. The topological polar surface area (TPSA) is 66.0 Å². The van der Waals surface area contributed by atoms with Crippen molar-refractivity contribution in [2.24, 2.45) is 0 Å². The number of rotatable bonds is 4. The van der Waals surface area contributed by atoms with Gasteiger partial charge in [-0.1, -0.05) is 42.5 Å². The lowest BCUT2D eigenvalue weighted by atomic mass is 10.1. The van der Waals surface area contributed by atoms with Gasteiger partial charge in [0.2, 0.25) is 0 Å². The SMILES string of the molecule is O=C(O)c1cccc(-c2cc(Cc3ccccc3)[nH]n2)c1. The van der Waals surface area contributed by atoms with E-state index >= 15 is 0 Å². The van der Waals surface area contributed by atoms with Crippen LogP contribution in [0.15, 0.2) is 60.7 Å². The van der Waals surface area contributed by atoms with Crippen LogP contribution in [0.5, 0.6) is 0 Å². The summed E-state index contributed by atoms with van der Waals surface area (Å²) in [5.74, 6) is -0.933. The number of hydrogen-bond acceptors (Lipinski definition) is 2. The number of aromatic amines is 1. The highest BCUT2D eigenvalue weighted by molar-refractivity contribution is 5.89. The third-order valence-electron chi connectivity index (χ3n) is 3.27. The number of carboxylic acids is 1. The van der Waals surface area contributed by atoms with Gasteiger partial charge in [-0.2, -0.15) is 5.10 Å². The van der Waals surface area contributed by atoms with Crippen molar-refractivity contribution in [3.05, 3.63) is 77.5 Å². The van der Waals surface area contributed by atoms with Gasteiger partial charge in [0.05, 0.1) is 11.3 Å². The zero-order valence-corrected chi connectivity index (χ0v) is 11.3. The number of benzene rings is 2. The van der Waals surface area contributed by atoms with Gasteiger partial charge >= 0.3 is 5.97 Å². The van der Waals surface area contributed by atoms with Crippen LogP contribution in [0, 0.1) is 0 Å². The maximum atomic E-state index is 11.0. The van der Waals surface area contributed by atoms with Gasteiger partial charge in [-0.15, -0.1) is 0 Å². The second-order valence-electron chi connectivity index (χ2n) is 4.83. The number of carboxylic acid groups (broad SMARTS) is 1. The van der Waals surface area contributed by atoms with Crippen LogP contribution in [0.1, 0.15) is 21.6 Å². The van der Waals surface area contributed by atoms with Gasteiger partial charge in [-0.25, -0.2) is 4.79 Å². The van der Waals surface area contributed by atoms with Crippen molar-refractivity contribution in [2.75, 3.05) is 0 Å². The zero-order valence-electron chi connectivity index (χ0n) is 11.3. The second kappa shape index (κ2) is 5.63. The highest BCUT2D eigenvalue weighted by atomic mass is 16.4. The Labute approximate surface area is 122 Å². The fourth-order valence-corrected chi connectivity index (χ4v) is 2.23. The summed E-state index contributed by atoms with van der Waals surface area (Å²) < 4.78 is 0. The molecule has 0 amide bonds. The van der Waals surface area contributed by atoms with E-state index in [0.29, 0.717) is 0 Å². The summed E-state index contributed by atoms with van der Waals surface area (Å²) in [6.45, 7) is 0. The molecule has 4 heteroatoms. The molecule has 0 saturated heterocycles. The lowest BCUT2D eigenvalue weighted by Gasteiger charge is -1.98. The van der Waals surface area contributed by atoms with Gasteiger partial charge in [0, 0.05) is 17.7 Å². The Morgan fingerprint density at radius 2 is 1.86 bits per heavy atom. The average Bonchev–Trinajstić information content (AvgIpc) is 2.97. The smallest absolute Gasteiger partial charge is 0.335 e. The molecule has 0 atom stereocenters. The first-order valence-electron chi connectivity index (χ1n) is 6.64. The third kappa shape index (κ3) is 3.00. The van der Waals surface area contributed by atoms with Gasteiger partial charge in [0.15, 0.2) is 0 Å². The number of H-pyrrole nitrogens is 1. The van der Waals surface area contributed by atoms with Crippen molar-refractivity contribution in [2.45, 2.75) is 6.42 Å². The molecule has 0 aliphatic carbocycles. The van der Waals surface area contributed by atoms with Gasteiger partial charge in [-0.3, -0.25) is 5.10 Å². The lowest BCUT2D eigenvalue weighted by Crippen LogP contribution is -1.95. The van der Waals surface area contributed by atoms with Crippen LogP contribution in [0.3, 0.4) is 0 Å². The molecule has 1 heterocycles. The van der Waals surface area contributed by atoms with E-state index in [9.17, 15) is 4.79 Å². The largest absolute Gasteiger partial charge is 0.478 e. The maximum absolute atomic E-state index is 11.0. The second-order valence-corrected chi connectivity index (χ2v) is 4.83. The fourth-order valence-electron chi connectivity index (χ4n) is 2.23. The minimum atomic E-state index is -0.933. The Morgan fingerprint density at radius 3 is 2.62 bits per heavy atom. The summed E-state index contributed by atoms with van der Waals surface area (Å²) in [6, 6.07) is 18.9. The maximum Gasteiger partial charge on any atom is 0.335 e. The number of aromatic nitrogens is 2. The first kappa shape index (κ1) is 13.1. The number of nitrogens with one attached hydrogen (secondary N) is 1. The summed E-state index contributed by atoms with van der Waals surface area (Å²) in [4.78, 5) is 11.0. The van der Waals surface area contributed by atoms with E-state index in [2.05, 4.69) is 22.3 Å². The molecule has 2 N–H and O–H groups in total. The van der Waals surface area contributed by atoms with E-state index in [0.717, 1.165) is 23.4 Å². The molecule has 2 aromatic carbocycles. The minimum Gasteiger partial charge on any atom is -0.478 e. The van der Waals surface area contributed by atoms with E-state index in [1.807, 2.05) is 30.3 Å². The van der Waals surface area contributed by atoms with Gasteiger partial charge < -0.3 is 5.11 Å². The fraction of sp³-hybridized carbons (Fsp3) is 0.0588. The molecule has 21 heavy (non-hydrogen) atoms. The Kier molecular flexibility index (Phi) is 3.51. The van der Waals surface area contributed by atoms with E-state index < -0.39 is 5.97 Å². The van der Waals surface area contributed by atoms with Crippen LogP contribution >= 0.6 is 0 Å². The molecule has 0 saturated carbocycles. The van der Waals surface area contributed by atoms with Gasteiger partial charge in [0.25, 0.3) is 0 Å². The molecule has 104 valence electrons. The lowest BCUT2D eigenvalue weighted by molar-refractivity contribution is 0.0697. The molecule has 0 fully saturated rings. The Balaban J connectivity index is 1.85. The molecule has 0 aliphatic rings. The van der Waals surface area contributed by atoms with Crippen molar-refractivity contribution in [3.8, 4) is 11.3 Å². The molecule has 3 rings (SSSR count). The summed E-state index contributed by atoms with van der Waals surface area (Å²) in [5, 5.41) is 16.3. The quantitative estimate of drug-likeness (QED) is 0.769. The molecule has 1 aromatic heterocycles. The van der Waals surface area contributed by atoms with Crippen LogP contribution in [-0.2, 0) is 6.42 Å². The van der Waals surface area contributed by atoms with Crippen LogP contribution in [-0.4, -0.2) is 21.3 Å². The van der Waals surface area contributed by atoms with Crippen LogP contribution in [0.4, 0.5) is 0 Å². The first-order valence-corrected chi connectivity index (χ1v) is 6.64. The molecule has 0 unspecified atom stereocenters. The van der Waals surface area contributed by atoms with Crippen LogP contribution < -0.4 is 0 Å². The van der Waals surface area contributed by atoms with Gasteiger partial charge in [0.1, 0.15) is 0 Å². The van der Waals surface area contributed by atoms with E-state index in [1.165, 1.54) is 5.56 Å². The number of hydrogen-bond donors (Lipinski definition) is 2. The predicted molar refractivity (Wildman–Crippen MR) is 80.2 cm³/mol. The highest BCUT2D eigenvalue weighted by Gasteiger charge is 2.08. The Morgan fingerprint density at radius 1 is 1.05 bits per heavy atom. The number of nitrogens with zero attached hydrogens (tertiary/aromatic N) is 1. The van der Waals surface area contributed by atoms with E-state index in [1.54, 1.807) is 18.2 Å².